The Morgan fingerprint density at radius 2 is 1.84 bits per heavy atom. The van der Waals surface area contributed by atoms with Gasteiger partial charge in [-0.1, -0.05) is 42.5 Å². The van der Waals surface area contributed by atoms with Gasteiger partial charge in [-0.05, 0) is 31.7 Å². The van der Waals surface area contributed by atoms with Crippen LogP contribution >= 0.6 is 0 Å². The van der Waals surface area contributed by atoms with Crippen LogP contribution in [-0.4, -0.2) is 21.9 Å². The van der Waals surface area contributed by atoms with Gasteiger partial charge in [-0.15, -0.1) is 0 Å². The van der Waals surface area contributed by atoms with Crippen LogP contribution in [0.2, 0.25) is 0 Å². The number of hydrogen-bond acceptors (Lipinski definition) is 4. The SMILES string of the molecule is C[C@@H](c1ccccc1)N(C)Cc1nc2c(oc3ccccc32)c(=O)[nH]1. The molecule has 4 rings (SSSR count). The Balaban J connectivity index is 1.70. The zero-order valence-corrected chi connectivity index (χ0v) is 14.2. The van der Waals surface area contributed by atoms with Crippen LogP contribution in [0.25, 0.3) is 22.1 Å². The number of H-pyrrole nitrogens is 1. The van der Waals surface area contributed by atoms with Crippen LogP contribution in [0.5, 0.6) is 0 Å². The Bertz CT molecular complexity index is 1080. The van der Waals surface area contributed by atoms with Crippen molar-refractivity contribution in [3.8, 4) is 0 Å². The van der Waals surface area contributed by atoms with Gasteiger partial charge < -0.3 is 9.40 Å². The van der Waals surface area contributed by atoms with Gasteiger partial charge in [0.25, 0.3) is 5.56 Å². The number of rotatable bonds is 4. The van der Waals surface area contributed by atoms with Crippen LogP contribution in [0.15, 0.2) is 63.8 Å². The van der Waals surface area contributed by atoms with Crippen molar-refractivity contribution in [2.75, 3.05) is 7.05 Å². The maximum Gasteiger partial charge on any atom is 0.294 e. The zero-order chi connectivity index (χ0) is 17.4. The molecule has 126 valence electrons. The standard InChI is InChI=1S/C20H19N3O2/c1-13(14-8-4-3-5-9-14)23(2)12-17-21-18-15-10-6-7-11-16(15)25-19(18)20(24)22-17/h3-11,13H,12H2,1-2H3,(H,21,22,24)/t13-/m0/s1. The fraction of sp³-hybridized carbons (Fsp3) is 0.200. The number of hydrogen-bond donors (Lipinski definition) is 1. The Hall–Kier alpha value is -2.92. The Morgan fingerprint density at radius 1 is 1.12 bits per heavy atom. The molecule has 0 amide bonds. The van der Waals surface area contributed by atoms with Gasteiger partial charge in [0, 0.05) is 11.4 Å². The molecule has 0 aliphatic carbocycles. The summed E-state index contributed by atoms with van der Waals surface area (Å²) in [6, 6.07) is 18.1. The molecule has 25 heavy (non-hydrogen) atoms. The van der Waals surface area contributed by atoms with Crippen LogP contribution < -0.4 is 5.56 Å². The second kappa shape index (κ2) is 6.18. The third-order valence-electron chi connectivity index (χ3n) is 4.62. The highest BCUT2D eigenvalue weighted by atomic mass is 16.3. The second-order valence-electron chi connectivity index (χ2n) is 6.29. The molecule has 4 aromatic rings. The first-order valence-corrected chi connectivity index (χ1v) is 8.29. The van der Waals surface area contributed by atoms with Gasteiger partial charge in [-0.25, -0.2) is 4.98 Å². The number of para-hydroxylation sites is 1. The van der Waals surface area contributed by atoms with Crippen LogP contribution in [0.4, 0.5) is 0 Å². The molecular weight excluding hydrogens is 314 g/mol. The van der Waals surface area contributed by atoms with E-state index in [4.69, 9.17) is 4.42 Å². The van der Waals surface area contributed by atoms with Crippen LogP contribution in [0.3, 0.4) is 0 Å². The molecular formula is C20H19N3O2. The molecule has 1 atom stereocenters. The normalized spacial score (nSPS) is 12.9. The summed E-state index contributed by atoms with van der Waals surface area (Å²) in [6.45, 7) is 2.68. The molecule has 2 heterocycles. The van der Waals surface area contributed by atoms with Crippen LogP contribution in [0.1, 0.15) is 24.4 Å². The molecule has 0 aliphatic rings. The lowest BCUT2D eigenvalue weighted by atomic mass is 10.1. The summed E-state index contributed by atoms with van der Waals surface area (Å²) in [6.07, 6.45) is 0. The molecule has 0 unspecified atom stereocenters. The van der Waals surface area contributed by atoms with E-state index in [1.165, 1.54) is 5.56 Å². The first-order valence-electron chi connectivity index (χ1n) is 8.29. The number of nitrogens with one attached hydrogen (secondary N) is 1. The van der Waals surface area contributed by atoms with E-state index in [1.54, 1.807) is 0 Å². The van der Waals surface area contributed by atoms with Crippen molar-refractivity contribution in [3.05, 3.63) is 76.3 Å². The van der Waals surface area contributed by atoms with Crippen LogP contribution in [0, 0.1) is 0 Å². The number of nitrogens with zero attached hydrogens (tertiary/aromatic N) is 2. The highest BCUT2D eigenvalue weighted by Gasteiger charge is 2.16. The maximum absolute atomic E-state index is 12.4. The van der Waals surface area contributed by atoms with E-state index in [0.717, 1.165) is 5.39 Å². The van der Waals surface area contributed by atoms with Gasteiger partial charge in [-0.2, -0.15) is 0 Å². The van der Waals surface area contributed by atoms with Crippen molar-refractivity contribution in [1.29, 1.82) is 0 Å². The summed E-state index contributed by atoms with van der Waals surface area (Å²) in [5.74, 6) is 0.634. The minimum Gasteiger partial charge on any atom is -0.449 e. The highest BCUT2D eigenvalue weighted by Crippen LogP contribution is 2.25. The van der Waals surface area contributed by atoms with Crippen molar-refractivity contribution in [3.63, 3.8) is 0 Å². The first-order chi connectivity index (χ1) is 12.1. The van der Waals surface area contributed by atoms with E-state index in [1.807, 2.05) is 49.5 Å². The third kappa shape index (κ3) is 2.83. The van der Waals surface area contributed by atoms with Crippen molar-refractivity contribution < 1.29 is 4.42 Å². The lowest BCUT2D eigenvalue weighted by molar-refractivity contribution is 0.247. The molecule has 2 aromatic carbocycles. The van der Waals surface area contributed by atoms with E-state index in [9.17, 15) is 4.79 Å². The van der Waals surface area contributed by atoms with Gasteiger partial charge >= 0.3 is 0 Å². The van der Waals surface area contributed by atoms with E-state index in [0.29, 0.717) is 23.5 Å². The van der Waals surface area contributed by atoms with E-state index in [-0.39, 0.29) is 17.2 Å². The summed E-state index contributed by atoms with van der Waals surface area (Å²) < 4.78 is 5.64. The lowest BCUT2D eigenvalue weighted by Gasteiger charge is -2.24. The second-order valence-corrected chi connectivity index (χ2v) is 6.29. The van der Waals surface area contributed by atoms with Gasteiger partial charge in [0.05, 0.1) is 6.54 Å². The Kier molecular flexibility index (Phi) is 3.86. The largest absolute Gasteiger partial charge is 0.449 e. The zero-order valence-electron chi connectivity index (χ0n) is 14.2. The molecule has 0 bridgehead atoms. The molecule has 0 fully saturated rings. The smallest absolute Gasteiger partial charge is 0.294 e. The third-order valence-corrected chi connectivity index (χ3v) is 4.62. The Morgan fingerprint density at radius 3 is 2.64 bits per heavy atom. The molecule has 0 aliphatic heterocycles. The number of furan rings is 1. The van der Waals surface area contributed by atoms with E-state index < -0.39 is 0 Å². The minimum absolute atomic E-state index is 0.211. The number of fused-ring (bicyclic) bond motifs is 3. The molecule has 1 N–H and O–H groups in total. The van der Waals surface area contributed by atoms with E-state index >= 15 is 0 Å². The highest BCUT2D eigenvalue weighted by molar-refractivity contribution is 6.01. The number of aromatic amines is 1. The molecule has 0 radical (unpaired) electrons. The summed E-state index contributed by atoms with van der Waals surface area (Å²) in [5, 5.41) is 0.864. The summed E-state index contributed by atoms with van der Waals surface area (Å²) in [4.78, 5) is 22.0. The van der Waals surface area contributed by atoms with Crippen molar-refractivity contribution in [1.82, 2.24) is 14.9 Å². The molecule has 0 saturated carbocycles. The molecule has 2 aromatic heterocycles. The molecule has 0 saturated heterocycles. The average molecular weight is 333 g/mol. The topological polar surface area (TPSA) is 62.1 Å². The fourth-order valence-electron chi connectivity index (χ4n) is 3.08. The first kappa shape index (κ1) is 15.6. The minimum atomic E-state index is -0.239. The fourth-order valence-corrected chi connectivity index (χ4v) is 3.08. The Labute approximate surface area is 144 Å². The average Bonchev–Trinajstić information content (AvgIpc) is 3.01. The summed E-state index contributed by atoms with van der Waals surface area (Å²) in [7, 11) is 2.02. The van der Waals surface area contributed by atoms with Gasteiger partial charge in [-0.3, -0.25) is 9.69 Å². The van der Waals surface area contributed by atoms with Crippen molar-refractivity contribution in [2.45, 2.75) is 19.5 Å². The van der Waals surface area contributed by atoms with E-state index in [2.05, 4.69) is 33.9 Å². The van der Waals surface area contributed by atoms with Gasteiger partial charge in [0.1, 0.15) is 16.9 Å². The monoisotopic (exact) mass is 333 g/mol. The van der Waals surface area contributed by atoms with Crippen molar-refractivity contribution in [2.24, 2.45) is 0 Å². The van der Waals surface area contributed by atoms with Gasteiger partial charge in [0.2, 0.25) is 5.58 Å². The summed E-state index contributed by atoms with van der Waals surface area (Å²) in [5.41, 5.74) is 2.57. The van der Waals surface area contributed by atoms with Crippen LogP contribution in [-0.2, 0) is 6.54 Å². The lowest BCUT2D eigenvalue weighted by Crippen LogP contribution is -2.24. The molecule has 0 spiro atoms. The predicted molar refractivity (Wildman–Crippen MR) is 98.5 cm³/mol. The molecule has 5 nitrogen and oxygen atoms in total. The quantitative estimate of drug-likeness (QED) is 0.616. The maximum atomic E-state index is 12.4. The number of benzene rings is 2. The molecule has 5 heteroatoms. The predicted octanol–water partition coefficient (Wildman–Crippen LogP) is 3.86. The van der Waals surface area contributed by atoms with Crippen molar-refractivity contribution >= 4 is 22.1 Å². The summed E-state index contributed by atoms with van der Waals surface area (Å²) >= 11 is 0. The van der Waals surface area contributed by atoms with Gasteiger partial charge in [0.15, 0.2) is 0 Å². The number of aromatic nitrogens is 2.